The van der Waals surface area contributed by atoms with Gasteiger partial charge in [0.25, 0.3) is 0 Å². The number of rotatable bonds is 3. The predicted octanol–water partition coefficient (Wildman–Crippen LogP) is 0.924. The minimum Gasteiger partial charge on any atom is -0.241 e. The molecule has 1 atom stereocenters. The van der Waals surface area contributed by atoms with Crippen LogP contribution in [0.1, 0.15) is 30.8 Å². The Hall–Kier alpha value is -1.01. The van der Waals surface area contributed by atoms with Crippen LogP contribution in [0.3, 0.4) is 0 Å². The van der Waals surface area contributed by atoms with Crippen molar-refractivity contribution in [3.63, 3.8) is 0 Å². The second-order valence-electron chi connectivity index (χ2n) is 4.30. The highest BCUT2D eigenvalue weighted by atomic mass is 32.2. The van der Waals surface area contributed by atoms with Crippen LogP contribution in [0.4, 0.5) is 0 Å². The SMILES string of the molecule is CCS(=O)(=O)N1CC[C@@H](c2nccc(C)n2)C1. The molecule has 1 aromatic heterocycles. The van der Waals surface area contributed by atoms with Gasteiger partial charge in [0.2, 0.25) is 10.0 Å². The lowest BCUT2D eigenvalue weighted by Crippen LogP contribution is -2.30. The highest BCUT2D eigenvalue weighted by Crippen LogP contribution is 2.26. The maximum absolute atomic E-state index is 11.7. The summed E-state index contributed by atoms with van der Waals surface area (Å²) in [5, 5.41) is 0. The summed E-state index contributed by atoms with van der Waals surface area (Å²) in [6.07, 6.45) is 2.54. The molecule has 1 aliphatic heterocycles. The quantitative estimate of drug-likeness (QED) is 0.806. The van der Waals surface area contributed by atoms with Crippen molar-refractivity contribution in [2.24, 2.45) is 0 Å². The molecule has 0 aliphatic carbocycles. The number of hydrogen-bond donors (Lipinski definition) is 0. The standard InChI is InChI=1S/C11H17N3O2S/c1-3-17(15,16)14-7-5-10(8-14)11-12-6-4-9(2)13-11/h4,6,10H,3,5,7-8H2,1-2H3/t10-/m1/s1. The van der Waals surface area contributed by atoms with Crippen molar-refractivity contribution in [1.82, 2.24) is 14.3 Å². The van der Waals surface area contributed by atoms with E-state index in [4.69, 9.17) is 0 Å². The molecule has 6 heteroatoms. The lowest BCUT2D eigenvalue weighted by atomic mass is 10.1. The van der Waals surface area contributed by atoms with Gasteiger partial charge in [0.15, 0.2) is 0 Å². The highest BCUT2D eigenvalue weighted by Gasteiger charge is 2.32. The van der Waals surface area contributed by atoms with Crippen molar-refractivity contribution in [2.75, 3.05) is 18.8 Å². The Morgan fingerprint density at radius 1 is 1.53 bits per heavy atom. The molecule has 0 aromatic carbocycles. The van der Waals surface area contributed by atoms with Crippen LogP contribution >= 0.6 is 0 Å². The average molecular weight is 255 g/mol. The van der Waals surface area contributed by atoms with Crippen LogP contribution in [0, 0.1) is 6.92 Å². The summed E-state index contributed by atoms with van der Waals surface area (Å²) in [4.78, 5) is 8.60. The van der Waals surface area contributed by atoms with Crippen LogP contribution in [0.2, 0.25) is 0 Å². The molecule has 0 amide bonds. The van der Waals surface area contributed by atoms with Crippen molar-refractivity contribution in [2.45, 2.75) is 26.2 Å². The van der Waals surface area contributed by atoms with Crippen LogP contribution in [0.15, 0.2) is 12.3 Å². The van der Waals surface area contributed by atoms with Gasteiger partial charge in [0, 0.05) is 30.9 Å². The van der Waals surface area contributed by atoms with Crippen LogP contribution in [-0.2, 0) is 10.0 Å². The van der Waals surface area contributed by atoms with E-state index in [0.717, 1.165) is 17.9 Å². The number of aryl methyl sites for hydroxylation is 1. The van der Waals surface area contributed by atoms with Gasteiger partial charge in [-0.1, -0.05) is 0 Å². The summed E-state index contributed by atoms with van der Waals surface area (Å²) < 4.78 is 25.0. The zero-order chi connectivity index (χ0) is 12.5. The number of nitrogens with zero attached hydrogens (tertiary/aromatic N) is 3. The normalized spacial score (nSPS) is 21.9. The Kier molecular flexibility index (Phi) is 3.44. The summed E-state index contributed by atoms with van der Waals surface area (Å²) in [7, 11) is -3.07. The Labute approximate surface area is 102 Å². The van der Waals surface area contributed by atoms with Crippen molar-refractivity contribution in [1.29, 1.82) is 0 Å². The first-order valence-corrected chi connectivity index (χ1v) is 7.41. The topological polar surface area (TPSA) is 63.2 Å². The van der Waals surface area contributed by atoms with Gasteiger partial charge in [-0.15, -0.1) is 0 Å². The fourth-order valence-corrected chi connectivity index (χ4v) is 3.20. The van der Waals surface area contributed by atoms with Gasteiger partial charge in [-0.2, -0.15) is 0 Å². The zero-order valence-electron chi connectivity index (χ0n) is 10.1. The molecule has 0 unspecified atom stereocenters. The number of sulfonamides is 1. The minimum absolute atomic E-state index is 0.135. The lowest BCUT2D eigenvalue weighted by molar-refractivity contribution is 0.472. The van der Waals surface area contributed by atoms with Crippen molar-refractivity contribution < 1.29 is 8.42 Å². The van der Waals surface area contributed by atoms with Gasteiger partial charge in [-0.25, -0.2) is 22.7 Å². The van der Waals surface area contributed by atoms with Crippen molar-refractivity contribution in [3.05, 3.63) is 23.8 Å². The zero-order valence-corrected chi connectivity index (χ0v) is 10.9. The van der Waals surface area contributed by atoms with E-state index >= 15 is 0 Å². The van der Waals surface area contributed by atoms with E-state index in [1.54, 1.807) is 17.4 Å². The van der Waals surface area contributed by atoms with Gasteiger partial charge in [0.1, 0.15) is 5.82 Å². The third-order valence-electron chi connectivity index (χ3n) is 3.09. The number of hydrogen-bond acceptors (Lipinski definition) is 4. The van der Waals surface area contributed by atoms with E-state index in [1.165, 1.54) is 0 Å². The summed E-state index contributed by atoms with van der Waals surface area (Å²) in [6.45, 7) is 4.68. The van der Waals surface area contributed by atoms with Gasteiger partial charge in [-0.3, -0.25) is 0 Å². The smallest absolute Gasteiger partial charge is 0.213 e. The van der Waals surface area contributed by atoms with Crippen LogP contribution < -0.4 is 0 Å². The minimum atomic E-state index is -3.07. The van der Waals surface area contributed by atoms with Crippen molar-refractivity contribution in [3.8, 4) is 0 Å². The van der Waals surface area contributed by atoms with Crippen LogP contribution in [-0.4, -0.2) is 41.5 Å². The van der Waals surface area contributed by atoms with Crippen LogP contribution in [0.25, 0.3) is 0 Å². The molecule has 1 fully saturated rings. The molecule has 0 spiro atoms. The molecule has 1 aliphatic rings. The van der Waals surface area contributed by atoms with Crippen molar-refractivity contribution >= 4 is 10.0 Å². The third-order valence-corrected chi connectivity index (χ3v) is 4.94. The van der Waals surface area contributed by atoms with E-state index in [2.05, 4.69) is 9.97 Å². The van der Waals surface area contributed by atoms with Gasteiger partial charge in [-0.05, 0) is 26.3 Å². The molecule has 17 heavy (non-hydrogen) atoms. The van der Waals surface area contributed by atoms with E-state index in [9.17, 15) is 8.42 Å². The summed E-state index contributed by atoms with van der Waals surface area (Å²) in [6, 6.07) is 1.85. The Balaban J connectivity index is 2.13. The summed E-state index contributed by atoms with van der Waals surface area (Å²) in [5.74, 6) is 1.06. The highest BCUT2D eigenvalue weighted by molar-refractivity contribution is 7.89. The third kappa shape index (κ3) is 2.63. The van der Waals surface area contributed by atoms with E-state index in [-0.39, 0.29) is 11.7 Å². The maximum Gasteiger partial charge on any atom is 0.213 e. The van der Waals surface area contributed by atoms with Gasteiger partial charge < -0.3 is 0 Å². The fraction of sp³-hybridized carbons (Fsp3) is 0.636. The molecule has 0 N–H and O–H groups in total. The molecule has 2 heterocycles. The molecule has 1 aromatic rings. The molecule has 0 saturated carbocycles. The molecule has 0 radical (unpaired) electrons. The monoisotopic (exact) mass is 255 g/mol. The Bertz CT molecular complexity index is 501. The van der Waals surface area contributed by atoms with Gasteiger partial charge in [0.05, 0.1) is 5.75 Å². The van der Waals surface area contributed by atoms with E-state index in [0.29, 0.717) is 13.1 Å². The molecule has 94 valence electrons. The predicted molar refractivity (Wildman–Crippen MR) is 65.2 cm³/mol. The molecule has 1 saturated heterocycles. The first kappa shape index (κ1) is 12.4. The lowest BCUT2D eigenvalue weighted by Gasteiger charge is -2.14. The molecular weight excluding hydrogens is 238 g/mol. The van der Waals surface area contributed by atoms with E-state index in [1.807, 2.05) is 13.0 Å². The average Bonchev–Trinajstić information content (AvgIpc) is 2.79. The first-order chi connectivity index (χ1) is 8.03. The maximum atomic E-state index is 11.7. The van der Waals surface area contributed by atoms with E-state index < -0.39 is 10.0 Å². The fourth-order valence-electron chi connectivity index (χ4n) is 2.04. The second-order valence-corrected chi connectivity index (χ2v) is 6.56. The van der Waals surface area contributed by atoms with Crippen LogP contribution in [0.5, 0.6) is 0 Å². The molecular formula is C11H17N3O2S. The first-order valence-electron chi connectivity index (χ1n) is 5.80. The Morgan fingerprint density at radius 2 is 2.29 bits per heavy atom. The summed E-state index contributed by atoms with van der Waals surface area (Å²) in [5.41, 5.74) is 0.923. The summed E-state index contributed by atoms with van der Waals surface area (Å²) >= 11 is 0. The van der Waals surface area contributed by atoms with Gasteiger partial charge >= 0.3 is 0 Å². The Morgan fingerprint density at radius 3 is 2.94 bits per heavy atom. The largest absolute Gasteiger partial charge is 0.241 e. The molecule has 5 nitrogen and oxygen atoms in total. The second kappa shape index (κ2) is 4.70. The molecule has 2 rings (SSSR count). The number of aromatic nitrogens is 2. The molecule has 0 bridgehead atoms.